The molecule has 0 saturated heterocycles. The molecule has 0 saturated carbocycles. The number of anilines is 1. The number of halogens is 3. The van der Waals surface area contributed by atoms with Crippen LogP contribution in [0.15, 0.2) is 28.5 Å². The van der Waals surface area contributed by atoms with E-state index in [9.17, 15) is 8.42 Å². The standard InChI is InChI=1S/C13H8Cl3N3O2S3/c1-6-4-7(14)5-9(16)11(6)24(20,21)19-13-18-17-12(23-13)10-8(15)2-3-22-10/h2-5H,1H3,(H,18,19). The summed E-state index contributed by atoms with van der Waals surface area (Å²) >= 11 is 20.5. The van der Waals surface area contributed by atoms with Crippen LogP contribution in [0.4, 0.5) is 5.13 Å². The van der Waals surface area contributed by atoms with Crippen LogP contribution in [0.2, 0.25) is 15.1 Å². The summed E-state index contributed by atoms with van der Waals surface area (Å²) in [6.07, 6.45) is 0. The fraction of sp³-hybridized carbons (Fsp3) is 0.0769. The first-order chi connectivity index (χ1) is 11.3. The molecule has 0 radical (unpaired) electrons. The zero-order valence-electron chi connectivity index (χ0n) is 11.9. The van der Waals surface area contributed by atoms with Gasteiger partial charge in [-0.3, -0.25) is 4.72 Å². The van der Waals surface area contributed by atoms with Crippen molar-refractivity contribution in [2.24, 2.45) is 0 Å². The molecule has 1 aromatic carbocycles. The van der Waals surface area contributed by atoms with Gasteiger partial charge >= 0.3 is 0 Å². The average Bonchev–Trinajstić information content (AvgIpc) is 3.05. The Kier molecular flexibility index (Phi) is 5.06. The summed E-state index contributed by atoms with van der Waals surface area (Å²) in [5, 5.41) is 11.3. The summed E-state index contributed by atoms with van der Waals surface area (Å²) in [6, 6.07) is 4.64. The predicted molar refractivity (Wildman–Crippen MR) is 100 cm³/mol. The highest BCUT2D eigenvalue weighted by molar-refractivity contribution is 7.93. The van der Waals surface area contributed by atoms with Crippen LogP contribution in [0.3, 0.4) is 0 Å². The molecule has 5 nitrogen and oxygen atoms in total. The van der Waals surface area contributed by atoms with Gasteiger partial charge in [-0.1, -0.05) is 46.1 Å². The number of hydrogen-bond donors (Lipinski definition) is 1. The Bertz CT molecular complexity index is 991. The zero-order chi connectivity index (χ0) is 17.5. The molecule has 24 heavy (non-hydrogen) atoms. The Morgan fingerprint density at radius 2 is 1.88 bits per heavy atom. The van der Waals surface area contributed by atoms with Crippen molar-refractivity contribution in [3.63, 3.8) is 0 Å². The van der Waals surface area contributed by atoms with Crippen LogP contribution in [-0.2, 0) is 10.0 Å². The van der Waals surface area contributed by atoms with Crippen molar-refractivity contribution in [2.45, 2.75) is 11.8 Å². The lowest BCUT2D eigenvalue weighted by atomic mass is 10.2. The van der Waals surface area contributed by atoms with Crippen molar-refractivity contribution in [3.05, 3.63) is 44.2 Å². The number of sulfonamides is 1. The largest absolute Gasteiger partial charge is 0.265 e. The van der Waals surface area contributed by atoms with Crippen molar-refractivity contribution in [3.8, 4) is 9.88 Å². The molecule has 0 amide bonds. The summed E-state index contributed by atoms with van der Waals surface area (Å²) in [4.78, 5) is 0.694. The topological polar surface area (TPSA) is 72.0 Å². The van der Waals surface area contributed by atoms with Crippen LogP contribution < -0.4 is 4.72 Å². The van der Waals surface area contributed by atoms with Gasteiger partial charge in [0, 0.05) is 5.02 Å². The van der Waals surface area contributed by atoms with Crippen molar-refractivity contribution < 1.29 is 8.42 Å². The molecular weight excluding hydrogens is 433 g/mol. The molecule has 3 aromatic rings. The Morgan fingerprint density at radius 1 is 1.12 bits per heavy atom. The molecule has 126 valence electrons. The molecule has 3 rings (SSSR count). The molecule has 0 aliphatic carbocycles. The maximum absolute atomic E-state index is 12.6. The van der Waals surface area contributed by atoms with Crippen LogP contribution in [0.5, 0.6) is 0 Å². The zero-order valence-corrected chi connectivity index (χ0v) is 16.6. The highest BCUT2D eigenvalue weighted by Crippen LogP contribution is 2.37. The number of benzene rings is 1. The molecule has 0 aliphatic heterocycles. The van der Waals surface area contributed by atoms with E-state index in [4.69, 9.17) is 34.8 Å². The Labute approximate surface area is 161 Å². The Hall–Kier alpha value is -0.900. The number of thiophene rings is 1. The van der Waals surface area contributed by atoms with Gasteiger partial charge < -0.3 is 0 Å². The van der Waals surface area contributed by atoms with E-state index in [1.807, 2.05) is 5.38 Å². The second-order valence-electron chi connectivity index (χ2n) is 4.65. The molecule has 0 atom stereocenters. The third-order valence-corrected chi connectivity index (χ3v) is 7.55. The SMILES string of the molecule is Cc1cc(Cl)cc(Cl)c1S(=O)(=O)Nc1nnc(-c2sccc2Cl)s1. The number of aromatic nitrogens is 2. The minimum absolute atomic E-state index is 0.0403. The van der Waals surface area contributed by atoms with Crippen LogP contribution >= 0.6 is 57.5 Å². The summed E-state index contributed by atoms with van der Waals surface area (Å²) in [5.41, 5.74) is 0.436. The Morgan fingerprint density at radius 3 is 2.50 bits per heavy atom. The number of nitrogens with zero attached hydrogens (tertiary/aromatic N) is 2. The van der Waals surface area contributed by atoms with Crippen molar-refractivity contribution >= 4 is 72.6 Å². The fourth-order valence-electron chi connectivity index (χ4n) is 2.00. The van der Waals surface area contributed by atoms with E-state index < -0.39 is 10.0 Å². The maximum Gasteiger partial charge on any atom is 0.265 e. The van der Waals surface area contributed by atoms with Crippen LogP contribution in [0, 0.1) is 6.92 Å². The first kappa shape index (κ1) is 17.9. The minimum atomic E-state index is -3.92. The van der Waals surface area contributed by atoms with E-state index >= 15 is 0 Å². The lowest BCUT2D eigenvalue weighted by Gasteiger charge is -2.10. The molecule has 0 bridgehead atoms. The molecule has 2 aromatic heterocycles. The van der Waals surface area contributed by atoms with Crippen molar-refractivity contribution in [2.75, 3.05) is 4.72 Å². The lowest BCUT2D eigenvalue weighted by Crippen LogP contribution is -2.14. The second-order valence-corrected chi connectivity index (χ2v) is 9.41. The molecule has 1 N–H and O–H groups in total. The predicted octanol–water partition coefficient (Wildman–Crippen LogP) is 5.34. The summed E-state index contributed by atoms with van der Waals surface area (Å²) in [6.45, 7) is 1.61. The highest BCUT2D eigenvalue weighted by atomic mass is 35.5. The first-order valence-electron chi connectivity index (χ1n) is 6.33. The molecule has 11 heteroatoms. The number of hydrogen-bond acceptors (Lipinski definition) is 6. The monoisotopic (exact) mass is 439 g/mol. The Balaban J connectivity index is 1.94. The van der Waals surface area contributed by atoms with Gasteiger partial charge in [-0.05, 0) is 36.1 Å². The summed E-state index contributed by atoms with van der Waals surface area (Å²) < 4.78 is 27.6. The number of rotatable bonds is 4. The molecular formula is C13H8Cl3N3O2S3. The van der Waals surface area contributed by atoms with Crippen molar-refractivity contribution in [1.29, 1.82) is 0 Å². The van der Waals surface area contributed by atoms with Gasteiger partial charge in [0.25, 0.3) is 10.0 Å². The summed E-state index contributed by atoms with van der Waals surface area (Å²) in [7, 11) is -3.92. The summed E-state index contributed by atoms with van der Waals surface area (Å²) in [5.74, 6) is 0. The average molecular weight is 441 g/mol. The lowest BCUT2D eigenvalue weighted by molar-refractivity contribution is 0.600. The van der Waals surface area contributed by atoms with E-state index in [0.29, 0.717) is 20.6 Å². The molecule has 0 spiro atoms. The van der Waals surface area contributed by atoms with E-state index in [2.05, 4.69) is 14.9 Å². The van der Waals surface area contributed by atoms with Crippen LogP contribution in [-0.4, -0.2) is 18.6 Å². The van der Waals surface area contributed by atoms with Crippen LogP contribution in [0.25, 0.3) is 9.88 Å². The van der Waals surface area contributed by atoms with E-state index in [1.165, 1.54) is 23.5 Å². The third-order valence-electron chi connectivity index (χ3n) is 2.92. The molecule has 0 aliphatic rings. The first-order valence-corrected chi connectivity index (χ1v) is 10.6. The minimum Gasteiger partial charge on any atom is -0.253 e. The van der Waals surface area contributed by atoms with Crippen LogP contribution in [0.1, 0.15) is 5.56 Å². The number of nitrogens with one attached hydrogen (secondary N) is 1. The van der Waals surface area contributed by atoms with Gasteiger partial charge in [-0.15, -0.1) is 21.5 Å². The van der Waals surface area contributed by atoms with Gasteiger partial charge in [0.15, 0.2) is 5.01 Å². The van der Waals surface area contributed by atoms with E-state index in [-0.39, 0.29) is 15.0 Å². The smallest absolute Gasteiger partial charge is 0.253 e. The van der Waals surface area contributed by atoms with Crippen molar-refractivity contribution in [1.82, 2.24) is 10.2 Å². The van der Waals surface area contributed by atoms with E-state index in [1.54, 1.807) is 13.0 Å². The molecule has 0 unspecified atom stereocenters. The number of aryl methyl sites for hydroxylation is 1. The van der Waals surface area contributed by atoms with Gasteiger partial charge in [-0.25, -0.2) is 8.42 Å². The van der Waals surface area contributed by atoms with Gasteiger partial charge in [0.2, 0.25) is 5.13 Å². The van der Waals surface area contributed by atoms with Gasteiger partial charge in [0.05, 0.1) is 14.9 Å². The molecule has 2 heterocycles. The van der Waals surface area contributed by atoms with E-state index in [0.717, 1.165) is 16.2 Å². The normalized spacial score (nSPS) is 11.7. The maximum atomic E-state index is 12.6. The third kappa shape index (κ3) is 3.54. The molecule has 0 fully saturated rings. The van der Waals surface area contributed by atoms with Gasteiger partial charge in [-0.2, -0.15) is 0 Å². The quantitative estimate of drug-likeness (QED) is 0.594. The highest BCUT2D eigenvalue weighted by Gasteiger charge is 2.23. The fourth-order valence-corrected chi connectivity index (χ4v) is 6.46. The van der Waals surface area contributed by atoms with Gasteiger partial charge in [0.1, 0.15) is 4.90 Å². The second kappa shape index (κ2) is 6.78.